The number of amides is 3. The van der Waals surface area contributed by atoms with Crippen molar-refractivity contribution >= 4 is 17.7 Å². The van der Waals surface area contributed by atoms with Gasteiger partial charge in [-0.25, -0.2) is 8.78 Å². The van der Waals surface area contributed by atoms with Gasteiger partial charge in [0.15, 0.2) is 0 Å². The Morgan fingerprint density at radius 1 is 1.30 bits per heavy atom. The lowest BCUT2D eigenvalue weighted by molar-refractivity contribution is -0.143. The second-order valence-electron chi connectivity index (χ2n) is 4.95. The minimum Gasteiger partial charge on any atom is -0.315 e. The van der Waals surface area contributed by atoms with E-state index in [4.69, 9.17) is 0 Å². The Bertz CT molecular complexity index is 614. The van der Waals surface area contributed by atoms with E-state index in [1.807, 2.05) is 0 Å². The van der Waals surface area contributed by atoms with Gasteiger partial charge in [-0.05, 0) is 32.0 Å². The van der Waals surface area contributed by atoms with E-state index in [0.29, 0.717) is 0 Å². The zero-order valence-electron chi connectivity index (χ0n) is 10.9. The van der Waals surface area contributed by atoms with Crippen LogP contribution in [-0.2, 0) is 9.59 Å². The number of piperazine rings is 1. The molecule has 1 fully saturated rings. The fraction of sp³-hybridized carbons (Fsp3) is 0.308. The molecule has 1 saturated heterocycles. The quantitative estimate of drug-likeness (QED) is 0.776. The molecule has 1 aliphatic rings. The van der Waals surface area contributed by atoms with Gasteiger partial charge in [-0.15, -0.1) is 0 Å². The van der Waals surface area contributed by atoms with Gasteiger partial charge >= 0.3 is 0 Å². The van der Waals surface area contributed by atoms with Crippen LogP contribution in [0, 0.1) is 11.6 Å². The molecule has 2 rings (SSSR count). The van der Waals surface area contributed by atoms with E-state index in [-0.39, 0.29) is 0 Å². The number of nitrogens with zero attached hydrogens (tertiary/aromatic N) is 1. The molecule has 0 atom stereocenters. The van der Waals surface area contributed by atoms with Gasteiger partial charge < -0.3 is 4.90 Å². The maximum absolute atomic E-state index is 13.6. The topological polar surface area (TPSA) is 66.5 Å². The first-order chi connectivity index (χ1) is 9.23. The first-order valence-electron chi connectivity index (χ1n) is 5.85. The first kappa shape index (κ1) is 14.1. The zero-order chi connectivity index (χ0) is 15.1. The lowest BCUT2D eigenvalue weighted by Crippen LogP contribution is -2.65. The number of imide groups is 1. The standard InChI is InChI=1S/C13H12F2N2O3/c1-13(2)12(20)16-10(18)6-17(13)11(19)8-5-7(14)3-4-9(8)15/h3-5H,6H2,1-2H3,(H,16,18,20). The van der Waals surface area contributed by atoms with Gasteiger partial charge in [-0.2, -0.15) is 0 Å². The van der Waals surface area contributed by atoms with Crippen molar-refractivity contribution in [2.75, 3.05) is 6.54 Å². The summed E-state index contributed by atoms with van der Waals surface area (Å²) in [6.07, 6.45) is 0. The monoisotopic (exact) mass is 282 g/mol. The maximum atomic E-state index is 13.6. The Hall–Kier alpha value is -2.31. The van der Waals surface area contributed by atoms with Gasteiger partial charge in [-0.1, -0.05) is 0 Å². The van der Waals surface area contributed by atoms with Crippen molar-refractivity contribution in [1.82, 2.24) is 10.2 Å². The number of halogens is 2. The third-order valence-corrected chi connectivity index (χ3v) is 3.19. The number of hydrogen-bond donors (Lipinski definition) is 1. The SMILES string of the molecule is CC1(C)C(=O)NC(=O)CN1C(=O)c1cc(F)ccc1F. The fourth-order valence-corrected chi connectivity index (χ4v) is 1.92. The maximum Gasteiger partial charge on any atom is 0.258 e. The summed E-state index contributed by atoms with van der Waals surface area (Å²) in [5.74, 6) is -3.93. The van der Waals surface area contributed by atoms with E-state index in [9.17, 15) is 23.2 Å². The summed E-state index contributed by atoms with van der Waals surface area (Å²) in [4.78, 5) is 36.3. The number of hydrogen-bond acceptors (Lipinski definition) is 3. The molecule has 0 aromatic heterocycles. The summed E-state index contributed by atoms with van der Waals surface area (Å²) in [6.45, 7) is 2.45. The van der Waals surface area contributed by atoms with Crippen molar-refractivity contribution in [3.05, 3.63) is 35.4 Å². The van der Waals surface area contributed by atoms with Gasteiger partial charge in [-0.3, -0.25) is 19.7 Å². The second-order valence-corrected chi connectivity index (χ2v) is 4.95. The lowest BCUT2D eigenvalue weighted by Gasteiger charge is -2.40. The van der Waals surface area contributed by atoms with Crippen LogP contribution < -0.4 is 5.32 Å². The molecule has 1 aromatic carbocycles. The minimum atomic E-state index is -1.33. The van der Waals surface area contributed by atoms with Crippen LogP contribution in [0.15, 0.2) is 18.2 Å². The highest BCUT2D eigenvalue weighted by atomic mass is 19.1. The Kier molecular flexibility index (Phi) is 3.29. The van der Waals surface area contributed by atoms with Crippen molar-refractivity contribution < 1.29 is 23.2 Å². The van der Waals surface area contributed by atoms with Crippen molar-refractivity contribution in [1.29, 1.82) is 0 Å². The largest absolute Gasteiger partial charge is 0.315 e. The molecule has 0 spiro atoms. The number of rotatable bonds is 1. The molecule has 1 aromatic rings. The molecule has 5 nitrogen and oxygen atoms in total. The van der Waals surface area contributed by atoms with Crippen LogP contribution >= 0.6 is 0 Å². The third kappa shape index (κ3) is 2.26. The van der Waals surface area contributed by atoms with Gasteiger partial charge in [0.05, 0.1) is 5.56 Å². The summed E-state index contributed by atoms with van der Waals surface area (Å²) in [5.41, 5.74) is -1.84. The van der Waals surface area contributed by atoms with Crippen molar-refractivity contribution in [3.63, 3.8) is 0 Å². The number of benzene rings is 1. The molecule has 1 heterocycles. The van der Waals surface area contributed by atoms with Crippen LogP contribution in [0.25, 0.3) is 0 Å². The molecule has 1 N–H and O–H groups in total. The highest BCUT2D eigenvalue weighted by molar-refractivity contribution is 6.08. The summed E-state index contributed by atoms with van der Waals surface area (Å²) in [7, 11) is 0. The van der Waals surface area contributed by atoms with Gasteiger partial charge in [0.2, 0.25) is 5.91 Å². The number of carbonyl (C=O) groups excluding carboxylic acids is 3. The molecular formula is C13H12F2N2O3. The van der Waals surface area contributed by atoms with Crippen LogP contribution in [0.2, 0.25) is 0 Å². The van der Waals surface area contributed by atoms with Crippen LogP contribution in [0.4, 0.5) is 8.78 Å². The molecule has 1 aliphatic heterocycles. The molecular weight excluding hydrogens is 270 g/mol. The molecule has 0 saturated carbocycles. The molecule has 0 aliphatic carbocycles. The Morgan fingerprint density at radius 3 is 2.60 bits per heavy atom. The summed E-state index contributed by atoms with van der Waals surface area (Å²) < 4.78 is 26.8. The molecule has 3 amide bonds. The second kappa shape index (κ2) is 4.66. The van der Waals surface area contributed by atoms with Crippen molar-refractivity contribution in [2.45, 2.75) is 19.4 Å². The van der Waals surface area contributed by atoms with Crippen molar-refractivity contribution in [3.8, 4) is 0 Å². The van der Waals surface area contributed by atoms with Crippen LogP contribution in [0.5, 0.6) is 0 Å². The average Bonchev–Trinajstić information content (AvgIpc) is 2.36. The summed E-state index contributed by atoms with van der Waals surface area (Å²) in [6, 6.07) is 2.44. The molecule has 0 bridgehead atoms. The molecule has 106 valence electrons. The average molecular weight is 282 g/mol. The first-order valence-corrected chi connectivity index (χ1v) is 5.85. The predicted molar refractivity (Wildman–Crippen MR) is 64.6 cm³/mol. The van der Waals surface area contributed by atoms with E-state index >= 15 is 0 Å². The fourth-order valence-electron chi connectivity index (χ4n) is 1.92. The molecule has 0 radical (unpaired) electrons. The highest BCUT2D eigenvalue weighted by Gasteiger charge is 2.44. The van der Waals surface area contributed by atoms with E-state index in [0.717, 1.165) is 23.1 Å². The number of nitrogens with one attached hydrogen (secondary N) is 1. The normalized spacial score (nSPS) is 17.9. The van der Waals surface area contributed by atoms with Gasteiger partial charge in [0.1, 0.15) is 23.7 Å². The molecule has 7 heteroatoms. The highest BCUT2D eigenvalue weighted by Crippen LogP contribution is 2.22. The molecule has 0 unspecified atom stereocenters. The van der Waals surface area contributed by atoms with Gasteiger partial charge in [0.25, 0.3) is 11.8 Å². The van der Waals surface area contributed by atoms with E-state index in [1.165, 1.54) is 13.8 Å². The van der Waals surface area contributed by atoms with Crippen LogP contribution in [0.3, 0.4) is 0 Å². The number of carbonyl (C=O) groups is 3. The van der Waals surface area contributed by atoms with Crippen LogP contribution in [-0.4, -0.2) is 34.7 Å². The van der Waals surface area contributed by atoms with Crippen molar-refractivity contribution in [2.24, 2.45) is 0 Å². The summed E-state index contributed by atoms with van der Waals surface area (Å²) in [5, 5.41) is 2.09. The molecule has 20 heavy (non-hydrogen) atoms. The third-order valence-electron chi connectivity index (χ3n) is 3.19. The smallest absolute Gasteiger partial charge is 0.258 e. The lowest BCUT2D eigenvalue weighted by atomic mass is 9.97. The predicted octanol–water partition coefficient (Wildman–Crippen LogP) is 0.842. The summed E-state index contributed by atoms with van der Waals surface area (Å²) >= 11 is 0. The van der Waals surface area contributed by atoms with E-state index in [1.54, 1.807) is 0 Å². The van der Waals surface area contributed by atoms with E-state index in [2.05, 4.69) is 5.32 Å². The van der Waals surface area contributed by atoms with Gasteiger partial charge in [0, 0.05) is 0 Å². The Morgan fingerprint density at radius 2 is 1.95 bits per heavy atom. The zero-order valence-corrected chi connectivity index (χ0v) is 10.9. The minimum absolute atomic E-state index is 0.395. The Labute approximate surface area is 113 Å². The van der Waals surface area contributed by atoms with E-state index < -0.39 is 47.0 Å². The Balaban J connectivity index is 2.43. The van der Waals surface area contributed by atoms with Crippen LogP contribution in [0.1, 0.15) is 24.2 Å².